The van der Waals surface area contributed by atoms with E-state index in [9.17, 15) is 9.18 Å². The molecule has 7 nitrogen and oxygen atoms in total. The minimum atomic E-state index is -0.673. The van der Waals surface area contributed by atoms with Crippen molar-refractivity contribution in [2.45, 2.75) is 6.54 Å². The molecule has 0 saturated carbocycles. The standard InChI is InChI=1S/C22H18Cl2FN5O2/c1-30-18-10-15(25)12(21(31)27-11-17-19(32-2)7-4-8-26-17)9-16(18)28-22(30)29-20-13(23)5-3-6-14(20)24/h3-10H,11H2,1-2H3,(H,27,31)(H,28,29). The predicted molar refractivity (Wildman–Crippen MR) is 122 cm³/mol. The number of amides is 1. The van der Waals surface area contributed by atoms with Crippen LogP contribution < -0.4 is 15.4 Å². The maximum Gasteiger partial charge on any atom is 0.254 e. The molecule has 4 rings (SSSR count). The zero-order valence-electron chi connectivity index (χ0n) is 17.1. The molecule has 2 aromatic carbocycles. The smallest absolute Gasteiger partial charge is 0.254 e. The number of halogens is 3. The van der Waals surface area contributed by atoms with Gasteiger partial charge in [-0.1, -0.05) is 29.3 Å². The molecule has 2 aromatic heterocycles. The number of rotatable bonds is 6. The monoisotopic (exact) mass is 473 g/mol. The van der Waals surface area contributed by atoms with Crippen molar-refractivity contribution in [3.8, 4) is 5.75 Å². The molecule has 2 N–H and O–H groups in total. The average Bonchev–Trinajstić information content (AvgIpc) is 3.08. The lowest BCUT2D eigenvalue weighted by Gasteiger charge is -2.10. The normalized spacial score (nSPS) is 10.9. The molecule has 32 heavy (non-hydrogen) atoms. The van der Waals surface area contributed by atoms with Crippen molar-refractivity contribution in [2.75, 3.05) is 12.4 Å². The highest BCUT2D eigenvalue weighted by Gasteiger charge is 2.18. The van der Waals surface area contributed by atoms with Crippen LogP contribution in [0.2, 0.25) is 10.0 Å². The fourth-order valence-electron chi connectivity index (χ4n) is 3.23. The number of benzene rings is 2. The highest BCUT2D eigenvalue weighted by Crippen LogP contribution is 2.33. The topological polar surface area (TPSA) is 81.1 Å². The van der Waals surface area contributed by atoms with Crippen LogP contribution in [0.4, 0.5) is 16.0 Å². The van der Waals surface area contributed by atoms with E-state index in [1.54, 1.807) is 48.1 Å². The molecule has 10 heteroatoms. The fraction of sp³-hybridized carbons (Fsp3) is 0.136. The van der Waals surface area contributed by atoms with Crippen LogP contribution in [0.3, 0.4) is 0 Å². The van der Waals surface area contributed by atoms with E-state index < -0.39 is 11.7 Å². The second-order valence-corrected chi connectivity index (χ2v) is 7.69. The number of nitrogens with zero attached hydrogens (tertiary/aromatic N) is 3. The van der Waals surface area contributed by atoms with E-state index in [2.05, 4.69) is 20.6 Å². The molecule has 164 valence electrons. The quantitative estimate of drug-likeness (QED) is 0.407. The van der Waals surface area contributed by atoms with Gasteiger partial charge in [-0.15, -0.1) is 0 Å². The van der Waals surface area contributed by atoms with Gasteiger partial charge in [0.2, 0.25) is 5.95 Å². The third-order valence-corrected chi connectivity index (χ3v) is 5.53. The summed E-state index contributed by atoms with van der Waals surface area (Å²) in [6.45, 7) is 0.0837. The van der Waals surface area contributed by atoms with Crippen LogP contribution in [0, 0.1) is 5.82 Å². The minimum absolute atomic E-state index is 0.0837. The van der Waals surface area contributed by atoms with E-state index in [0.29, 0.717) is 44.2 Å². The summed E-state index contributed by atoms with van der Waals surface area (Å²) in [5, 5.41) is 6.57. The van der Waals surface area contributed by atoms with Gasteiger partial charge in [0.05, 0.1) is 46.0 Å². The maximum atomic E-state index is 14.8. The number of anilines is 2. The van der Waals surface area contributed by atoms with E-state index in [1.807, 2.05) is 0 Å². The third kappa shape index (κ3) is 4.19. The third-order valence-electron chi connectivity index (χ3n) is 4.90. The molecule has 1 amide bonds. The lowest BCUT2D eigenvalue weighted by Crippen LogP contribution is -2.24. The van der Waals surface area contributed by atoms with Gasteiger partial charge in [-0.05, 0) is 30.3 Å². The number of aromatic nitrogens is 3. The van der Waals surface area contributed by atoms with E-state index in [0.717, 1.165) is 0 Å². The number of carbonyl (C=O) groups excluding carboxylic acids is 1. The number of hydrogen-bond acceptors (Lipinski definition) is 5. The number of ether oxygens (including phenoxy) is 1. The summed E-state index contributed by atoms with van der Waals surface area (Å²) in [7, 11) is 3.23. The molecule has 2 heterocycles. The molecule has 0 fully saturated rings. The molecule has 0 atom stereocenters. The van der Waals surface area contributed by atoms with Gasteiger partial charge in [-0.2, -0.15) is 0 Å². The van der Waals surface area contributed by atoms with Crippen molar-refractivity contribution in [1.29, 1.82) is 0 Å². The molecule has 0 radical (unpaired) electrons. The van der Waals surface area contributed by atoms with Crippen molar-refractivity contribution >= 4 is 51.8 Å². The molecular formula is C22H18Cl2FN5O2. The van der Waals surface area contributed by atoms with Gasteiger partial charge in [-0.25, -0.2) is 9.37 Å². The van der Waals surface area contributed by atoms with Crippen molar-refractivity contribution < 1.29 is 13.9 Å². The first-order chi connectivity index (χ1) is 15.4. The molecule has 0 spiro atoms. The molecule has 4 aromatic rings. The first-order valence-electron chi connectivity index (χ1n) is 9.52. The molecular weight excluding hydrogens is 456 g/mol. The van der Waals surface area contributed by atoms with Gasteiger partial charge >= 0.3 is 0 Å². The summed E-state index contributed by atoms with van der Waals surface area (Å²) in [4.78, 5) is 21.3. The summed E-state index contributed by atoms with van der Waals surface area (Å²) in [6, 6.07) is 11.2. The largest absolute Gasteiger partial charge is 0.495 e. The second kappa shape index (κ2) is 9.02. The SMILES string of the molecule is COc1cccnc1CNC(=O)c1cc2nc(Nc3c(Cl)cccc3Cl)n(C)c2cc1F. The Kier molecular flexibility index (Phi) is 6.16. The van der Waals surface area contributed by atoms with Crippen LogP contribution in [0.15, 0.2) is 48.7 Å². The number of fused-ring (bicyclic) bond motifs is 1. The van der Waals surface area contributed by atoms with E-state index in [-0.39, 0.29) is 12.1 Å². The highest BCUT2D eigenvalue weighted by molar-refractivity contribution is 6.39. The van der Waals surface area contributed by atoms with Gasteiger partial charge < -0.3 is 19.9 Å². The Balaban J connectivity index is 1.61. The predicted octanol–water partition coefficient (Wildman–Crippen LogP) is 5.10. The summed E-state index contributed by atoms with van der Waals surface area (Å²) >= 11 is 12.4. The van der Waals surface area contributed by atoms with Crippen LogP contribution in [-0.2, 0) is 13.6 Å². The Bertz CT molecular complexity index is 1310. The van der Waals surface area contributed by atoms with Crippen LogP contribution in [-0.4, -0.2) is 27.6 Å². The summed E-state index contributed by atoms with van der Waals surface area (Å²) in [5.74, 6) is -0.340. The minimum Gasteiger partial charge on any atom is -0.495 e. The Morgan fingerprint density at radius 2 is 1.94 bits per heavy atom. The van der Waals surface area contributed by atoms with Crippen molar-refractivity contribution in [2.24, 2.45) is 7.05 Å². The second-order valence-electron chi connectivity index (χ2n) is 6.87. The lowest BCUT2D eigenvalue weighted by atomic mass is 10.1. The Labute approximate surface area is 193 Å². The molecule has 0 aliphatic rings. The number of aryl methyl sites for hydroxylation is 1. The number of methoxy groups -OCH3 is 1. The highest BCUT2D eigenvalue weighted by atomic mass is 35.5. The van der Waals surface area contributed by atoms with Crippen LogP contribution >= 0.6 is 23.2 Å². The molecule has 0 aliphatic heterocycles. The summed E-state index contributed by atoms with van der Waals surface area (Å²) in [6.07, 6.45) is 1.59. The molecule has 0 aliphatic carbocycles. The van der Waals surface area contributed by atoms with Crippen LogP contribution in [0.5, 0.6) is 5.75 Å². The summed E-state index contributed by atoms with van der Waals surface area (Å²) < 4.78 is 21.7. The Hall–Kier alpha value is -3.36. The maximum absolute atomic E-state index is 14.8. The van der Waals surface area contributed by atoms with Crippen molar-refractivity contribution in [3.05, 3.63) is 75.8 Å². The molecule has 0 bridgehead atoms. The van der Waals surface area contributed by atoms with Crippen molar-refractivity contribution in [1.82, 2.24) is 19.9 Å². The zero-order valence-corrected chi connectivity index (χ0v) is 18.6. The first kappa shape index (κ1) is 21.9. The van der Waals surface area contributed by atoms with Crippen LogP contribution in [0.25, 0.3) is 11.0 Å². The zero-order chi connectivity index (χ0) is 22.8. The summed E-state index contributed by atoms with van der Waals surface area (Å²) in [5.41, 5.74) is 1.81. The van der Waals surface area contributed by atoms with Gasteiger partial charge in [0, 0.05) is 19.3 Å². The Morgan fingerprint density at radius 3 is 2.66 bits per heavy atom. The van der Waals surface area contributed by atoms with Gasteiger partial charge in [0.25, 0.3) is 5.91 Å². The fourth-order valence-corrected chi connectivity index (χ4v) is 3.72. The van der Waals surface area contributed by atoms with Gasteiger partial charge in [0.15, 0.2) is 0 Å². The lowest BCUT2D eigenvalue weighted by molar-refractivity contribution is 0.0946. The number of para-hydroxylation sites is 1. The van der Waals surface area contributed by atoms with E-state index in [1.165, 1.54) is 19.2 Å². The van der Waals surface area contributed by atoms with Gasteiger partial charge in [-0.3, -0.25) is 9.78 Å². The van der Waals surface area contributed by atoms with Gasteiger partial charge in [0.1, 0.15) is 17.3 Å². The Morgan fingerprint density at radius 1 is 1.19 bits per heavy atom. The van der Waals surface area contributed by atoms with Crippen molar-refractivity contribution in [3.63, 3.8) is 0 Å². The average molecular weight is 474 g/mol. The van der Waals surface area contributed by atoms with E-state index >= 15 is 0 Å². The first-order valence-corrected chi connectivity index (χ1v) is 10.3. The van der Waals surface area contributed by atoms with Crippen LogP contribution in [0.1, 0.15) is 16.1 Å². The van der Waals surface area contributed by atoms with E-state index in [4.69, 9.17) is 27.9 Å². The number of nitrogens with one attached hydrogen (secondary N) is 2. The molecule has 0 saturated heterocycles. The number of pyridine rings is 1. The number of carbonyl (C=O) groups is 1. The molecule has 0 unspecified atom stereocenters. The number of imidazole rings is 1. The number of hydrogen-bond donors (Lipinski definition) is 2.